The smallest absolute Gasteiger partial charge is 0.198 e. The Balaban J connectivity index is 2.21. The Morgan fingerprint density at radius 2 is 2.42 bits per heavy atom. The molecule has 1 atom stereocenters. The summed E-state index contributed by atoms with van der Waals surface area (Å²) in [4.78, 5) is 7.66. The quantitative estimate of drug-likeness (QED) is 0.621. The summed E-state index contributed by atoms with van der Waals surface area (Å²) in [5.74, 6) is 0. The van der Waals surface area contributed by atoms with Crippen LogP contribution in [0.3, 0.4) is 0 Å². The summed E-state index contributed by atoms with van der Waals surface area (Å²) >= 11 is 0. The van der Waals surface area contributed by atoms with E-state index in [2.05, 4.69) is 16.3 Å². The van der Waals surface area contributed by atoms with E-state index < -0.39 is 0 Å². The molecular weight excluding hydrogens is 152 g/mol. The summed E-state index contributed by atoms with van der Waals surface area (Å²) < 4.78 is 5.29. The number of ether oxygens (including phenoxy) is 1. The largest absolute Gasteiger partial charge is 0.488 e. The van der Waals surface area contributed by atoms with E-state index in [-0.39, 0.29) is 6.10 Å². The fraction of sp³-hybridized carbons (Fsp3) is 0.111. The Morgan fingerprint density at radius 3 is 3.08 bits per heavy atom. The molecule has 2 heterocycles. The maximum Gasteiger partial charge on any atom is 0.198 e. The summed E-state index contributed by atoms with van der Waals surface area (Å²) in [6.07, 6.45) is 11.4. The standard InChI is InChI=1S/C9H7N2O/c1-2-6-12-9(3-1)8-4-5-10-7-11-8/h1-6,9H. The normalized spacial score (nSPS) is 20.5. The molecule has 0 aromatic carbocycles. The maximum atomic E-state index is 5.29. The van der Waals surface area contributed by atoms with Crippen LogP contribution in [-0.4, -0.2) is 9.97 Å². The molecule has 1 radical (unpaired) electrons. The number of rotatable bonds is 1. The van der Waals surface area contributed by atoms with Gasteiger partial charge in [0.05, 0.1) is 12.0 Å². The van der Waals surface area contributed by atoms with Crippen molar-refractivity contribution in [1.82, 2.24) is 9.97 Å². The van der Waals surface area contributed by atoms with Crippen molar-refractivity contribution in [2.24, 2.45) is 0 Å². The molecule has 3 nitrogen and oxygen atoms in total. The predicted octanol–water partition coefficient (Wildman–Crippen LogP) is 1.42. The van der Waals surface area contributed by atoms with E-state index in [9.17, 15) is 0 Å². The zero-order valence-electron chi connectivity index (χ0n) is 6.34. The van der Waals surface area contributed by atoms with Gasteiger partial charge in [0.1, 0.15) is 0 Å². The fourth-order valence-corrected chi connectivity index (χ4v) is 0.983. The molecule has 0 aliphatic carbocycles. The van der Waals surface area contributed by atoms with Gasteiger partial charge in [0.15, 0.2) is 12.4 Å². The average Bonchev–Trinajstić information content (AvgIpc) is 2.21. The molecule has 3 heteroatoms. The first-order valence-electron chi connectivity index (χ1n) is 3.64. The Morgan fingerprint density at radius 1 is 1.42 bits per heavy atom. The van der Waals surface area contributed by atoms with Gasteiger partial charge in [-0.25, -0.2) is 9.97 Å². The molecule has 0 bridgehead atoms. The van der Waals surface area contributed by atoms with Gasteiger partial charge < -0.3 is 4.74 Å². The zero-order valence-corrected chi connectivity index (χ0v) is 6.34. The second-order valence-corrected chi connectivity index (χ2v) is 2.35. The van der Waals surface area contributed by atoms with Crippen LogP contribution < -0.4 is 0 Å². The van der Waals surface area contributed by atoms with Crippen LogP contribution in [0.25, 0.3) is 0 Å². The molecule has 0 amide bonds. The van der Waals surface area contributed by atoms with Crippen molar-refractivity contribution in [1.29, 1.82) is 0 Å². The minimum Gasteiger partial charge on any atom is -0.488 e. The minimum atomic E-state index is -0.0887. The highest BCUT2D eigenvalue weighted by Gasteiger charge is 2.09. The number of aromatic nitrogens is 2. The molecule has 1 aromatic heterocycles. The summed E-state index contributed by atoms with van der Waals surface area (Å²) in [7, 11) is 0. The molecule has 59 valence electrons. The summed E-state index contributed by atoms with van der Waals surface area (Å²) in [5, 5.41) is 0. The van der Waals surface area contributed by atoms with Gasteiger partial charge in [-0.1, -0.05) is 6.08 Å². The summed E-state index contributed by atoms with van der Waals surface area (Å²) in [6.45, 7) is 0. The van der Waals surface area contributed by atoms with E-state index in [1.165, 1.54) is 0 Å². The lowest BCUT2D eigenvalue weighted by atomic mass is 10.2. The van der Waals surface area contributed by atoms with Crippen LogP contribution in [0.15, 0.2) is 36.8 Å². The Labute approximate surface area is 70.4 Å². The van der Waals surface area contributed by atoms with E-state index in [0.717, 1.165) is 5.69 Å². The fourth-order valence-electron chi connectivity index (χ4n) is 0.983. The van der Waals surface area contributed by atoms with E-state index >= 15 is 0 Å². The maximum absolute atomic E-state index is 5.29. The highest BCUT2D eigenvalue weighted by Crippen LogP contribution is 2.18. The average molecular weight is 159 g/mol. The highest BCUT2D eigenvalue weighted by atomic mass is 16.5. The lowest BCUT2D eigenvalue weighted by molar-refractivity contribution is 0.182. The molecule has 12 heavy (non-hydrogen) atoms. The van der Waals surface area contributed by atoms with Crippen LogP contribution in [0.2, 0.25) is 0 Å². The number of allylic oxidation sites excluding steroid dienone is 2. The second kappa shape index (κ2) is 3.17. The van der Waals surface area contributed by atoms with Gasteiger partial charge in [-0.3, -0.25) is 0 Å². The van der Waals surface area contributed by atoms with Crippen LogP contribution >= 0.6 is 0 Å². The van der Waals surface area contributed by atoms with Crippen molar-refractivity contribution < 1.29 is 4.74 Å². The summed E-state index contributed by atoms with van der Waals surface area (Å²) in [6, 6.07) is 1.81. The molecule has 0 fully saturated rings. The van der Waals surface area contributed by atoms with Crippen LogP contribution in [0.4, 0.5) is 0 Å². The van der Waals surface area contributed by atoms with Crippen molar-refractivity contribution in [2.75, 3.05) is 0 Å². The number of nitrogens with zero attached hydrogens (tertiary/aromatic N) is 2. The van der Waals surface area contributed by atoms with E-state index in [1.54, 1.807) is 12.5 Å². The molecule has 1 aliphatic heterocycles. The number of hydrogen-bond acceptors (Lipinski definition) is 3. The van der Waals surface area contributed by atoms with Crippen LogP contribution in [0.5, 0.6) is 0 Å². The highest BCUT2D eigenvalue weighted by molar-refractivity contribution is 5.16. The van der Waals surface area contributed by atoms with E-state index in [1.807, 2.05) is 24.3 Å². The zero-order chi connectivity index (χ0) is 8.23. The molecule has 0 spiro atoms. The predicted molar refractivity (Wildman–Crippen MR) is 43.0 cm³/mol. The first kappa shape index (κ1) is 7.03. The van der Waals surface area contributed by atoms with Gasteiger partial charge in [0.25, 0.3) is 0 Å². The summed E-state index contributed by atoms with van der Waals surface area (Å²) in [5.41, 5.74) is 0.825. The lowest BCUT2D eigenvalue weighted by Gasteiger charge is -2.13. The lowest BCUT2D eigenvalue weighted by Crippen LogP contribution is -2.01. The van der Waals surface area contributed by atoms with Gasteiger partial charge >= 0.3 is 0 Å². The van der Waals surface area contributed by atoms with Crippen LogP contribution in [-0.2, 0) is 4.74 Å². The van der Waals surface area contributed by atoms with Crippen molar-refractivity contribution in [2.45, 2.75) is 6.10 Å². The molecule has 0 saturated heterocycles. The molecule has 2 rings (SSSR count). The van der Waals surface area contributed by atoms with E-state index in [0.29, 0.717) is 0 Å². The van der Waals surface area contributed by atoms with Crippen molar-refractivity contribution >= 4 is 0 Å². The van der Waals surface area contributed by atoms with Crippen molar-refractivity contribution in [3.63, 3.8) is 0 Å². The molecule has 1 unspecified atom stereocenters. The first-order chi connectivity index (χ1) is 5.97. The third kappa shape index (κ3) is 1.34. The van der Waals surface area contributed by atoms with Crippen molar-refractivity contribution in [3.05, 3.63) is 48.8 Å². The van der Waals surface area contributed by atoms with Gasteiger partial charge in [0, 0.05) is 6.20 Å². The molecular formula is C9H7N2O. The molecule has 0 N–H and O–H groups in total. The SMILES string of the molecule is [c]1nccc(C2C=CC=CO2)n1. The van der Waals surface area contributed by atoms with Gasteiger partial charge in [-0.15, -0.1) is 0 Å². The van der Waals surface area contributed by atoms with Gasteiger partial charge in [-0.2, -0.15) is 0 Å². The monoisotopic (exact) mass is 159 g/mol. The first-order valence-corrected chi connectivity index (χ1v) is 3.64. The molecule has 1 aliphatic rings. The minimum absolute atomic E-state index is 0.0887. The van der Waals surface area contributed by atoms with Crippen molar-refractivity contribution in [3.8, 4) is 0 Å². The Kier molecular flexibility index (Phi) is 1.86. The third-order valence-electron chi connectivity index (χ3n) is 1.55. The Bertz CT molecular complexity index is 306. The van der Waals surface area contributed by atoms with Gasteiger partial charge in [0.2, 0.25) is 0 Å². The number of hydrogen-bond donors (Lipinski definition) is 0. The van der Waals surface area contributed by atoms with Crippen LogP contribution in [0, 0.1) is 6.33 Å². The molecule has 1 aromatic rings. The van der Waals surface area contributed by atoms with Gasteiger partial charge in [-0.05, 0) is 18.2 Å². The second-order valence-electron chi connectivity index (χ2n) is 2.35. The third-order valence-corrected chi connectivity index (χ3v) is 1.55. The Hall–Kier alpha value is -1.64. The van der Waals surface area contributed by atoms with Crippen LogP contribution in [0.1, 0.15) is 11.8 Å². The topological polar surface area (TPSA) is 35.0 Å². The molecule has 0 saturated carbocycles. The van der Waals surface area contributed by atoms with E-state index in [4.69, 9.17) is 4.74 Å².